The minimum absolute atomic E-state index is 0.0195. The molecule has 2 heterocycles. The highest BCUT2D eigenvalue weighted by Crippen LogP contribution is 2.31. The van der Waals surface area contributed by atoms with Crippen molar-refractivity contribution >= 4 is 5.91 Å². The fourth-order valence-electron chi connectivity index (χ4n) is 4.86. The van der Waals surface area contributed by atoms with Gasteiger partial charge in [0.25, 0.3) is 0 Å². The molecular weight excluding hydrogens is 456 g/mol. The number of amides is 1. The highest BCUT2D eigenvalue weighted by molar-refractivity contribution is 5.79. The van der Waals surface area contributed by atoms with Crippen LogP contribution in [-0.2, 0) is 11.3 Å². The average Bonchev–Trinajstić information content (AvgIpc) is 3.36. The molecule has 192 valence electrons. The van der Waals surface area contributed by atoms with Gasteiger partial charge in [-0.05, 0) is 75.5 Å². The molecule has 0 bridgehead atoms. The normalized spacial score (nSPS) is 15.5. The number of ether oxygens (including phenoxy) is 2. The molecule has 1 aliphatic rings. The summed E-state index contributed by atoms with van der Waals surface area (Å²) in [6, 6.07) is 12.0. The molecule has 0 radical (unpaired) electrons. The van der Waals surface area contributed by atoms with Gasteiger partial charge in [-0.25, -0.2) is 0 Å². The maximum absolute atomic E-state index is 13.1. The van der Waals surface area contributed by atoms with E-state index in [0.717, 1.165) is 37.9 Å². The van der Waals surface area contributed by atoms with Gasteiger partial charge >= 0.3 is 0 Å². The number of methoxy groups -OCH3 is 2. The molecule has 1 aromatic heterocycles. The van der Waals surface area contributed by atoms with E-state index in [9.17, 15) is 4.79 Å². The maximum atomic E-state index is 13.1. The number of benzene rings is 2. The zero-order chi connectivity index (χ0) is 25.7. The molecule has 1 saturated heterocycles. The van der Waals surface area contributed by atoms with Crippen LogP contribution in [0, 0.1) is 19.8 Å². The van der Waals surface area contributed by atoms with Crippen molar-refractivity contribution in [2.45, 2.75) is 52.6 Å². The zero-order valence-corrected chi connectivity index (χ0v) is 21.8. The van der Waals surface area contributed by atoms with Crippen molar-refractivity contribution < 1.29 is 18.8 Å². The Bertz CT molecular complexity index is 1180. The summed E-state index contributed by atoms with van der Waals surface area (Å²) < 4.78 is 16.2. The molecule has 1 amide bonds. The number of aryl methyl sites for hydroxylation is 2. The highest BCUT2D eigenvalue weighted by Gasteiger charge is 2.28. The number of hydrogen-bond donors (Lipinski definition) is 1. The summed E-state index contributed by atoms with van der Waals surface area (Å²) in [5.41, 5.74) is 4.47. The molecule has 8 heteroatoms. The van der Waals surface area contributed by atoms with Crippen LogP contribution < -0.4 is 14.8 Å². The second kappa shape index (κ2) is 11.6. The van der Waals surface area contributed by atoms with Crippen molar-refractivity contribution in [2.24, 2.45) is 5.92 Å². The molecule has 4 rings (SSSR count). The van der Waals surface area contributed by atoms with Crippen LogP contribution in [0.5, 0.6) is 11.5 Å². The Hall–Kier alpha value is -3.39. The summed E-state index contributed by atoms with van der Waals surface area (Å²) in [4.78, 5) is 19.9. The fourth-order valence-corrected chi connectivity index (χ4v) is 4.86. The monoisotopic (exact) mass is 492 g/mol. The average molecular weight is 493 g/mol. The van der Waals surface area contributed by atoms with E-state index in [-0.39, 0.29) is 17.9 Å². The maximum Gasteiger partial charge on any atom is 0.241 e. The van der Waals surface area contributed by atoms with Gasteiger partial charge in [-0.3, -0.25) is 9.69 Å². The first-order valence-corrected chi connectivity index (χ1v) is 12.6. The molecule has 0 saturated carbocycles. The summed E-state index contributed by atoms with van der Waals surface area (Å²) >= 11 is 0. The van der Waals surface area contributed by atoms with Crippen molar-refractivity contribution in [3.8, 4) is 22.9 Å². The first-order valence-electron chi connectivity index (χ1n) is 12.6. The van der Waals surface area contributed by atoms with Gasteiger partial charge in [-0.15, -0.1) is 0 Å². The SMILES string of the molecule is CCC(NC(=O)C1CCN(Cc2nc(-c3ccc(OC)c(OC)c3)no2)CC1)c1ccc(C)cc1C. The van der Waals surface area contributed by atoms with Crippen LogP contribution in [0.15, 0.2) is 40.9 Å². The predicted molar refractivity (Wildman–Crippen MR) is 138 cm³/mol. The van der Waals surface area contributed by atoms with Gasteiger partial charge < -0.3 is 19.3 Å². The van der Waals surface area contributed by atoms with Crippen LogP contribution in [0.2, 0.25) is 0 Å². The topological polar surface area (TPSA) is 89.7 Å². The molecule has 0 aliphatic carbocycles. The molecule has 8 nitrogen and oxygen atoms in total. The van der Waals surface area contributed by atoms with Crippen LogP contribution >= 0.6 is 0 Å². The lowest BCUT2D eigenvalue weighted by Gasteiger charge is -2.31. The number of nitrogens with zero attached hydrogens (tertiary/aromatic N) is 3. The number of carbonyl (C=O) groups excluding carboxylic acids is 1. The molecule has 0 spiro atoms. The first kappa shape index (κ1) is 25.7. The summed E-state index contributed by atoms with van der Waals surface area (Å²) in [6.07, 6.45) is 2.49. The van der Waals surface area contributed by atoms with Crippen molar-refractivity contribution in [3.63, 3.8) is 0 Å². The Kier molecular flexibility index (Phi) is 8.25. The molecule has 1 fully saturated rings. The number of carbonyl (C=O) groups is 1. The standard InChI is InChI=1S/C28H36N4O4/c1-6-23(22-9-7-18(2)15-19(22)3)29-28(33)20-11-13-32(14-12-20)17-26-30-27(31-36-26)21-8-10-24(34-4)25(16-21)35-5/h7-10,15-16,20,23H,6,11-14,17H2,1-5H3,(H,29,33). The van der Waals surface area contributed by atoms with Gasteiger partial charge in [0.2, 0.25) is 17.6 Å². The lowest BCUT2D eigenvalue weighted by atomic mass is 9.93. The quantitative estimate of drug-likeness (QED) is 0.457. The number of piperidine rings is 1. The van der Waals surface area contributed by atoms with Crippen LogP contribution in [0.25, 0.3) is 11.4 Å². The van der Waals surface area contributed by atoms with E-state index in [0.29, 0.717) is 29.8 Å². The van der Waals surface area contributed by atoms with E-state index in [2.05, 4.69) is 59.3 Å². The predicted octanol–water partition coefficient (Wildman–Crippen LogP) is 4.85. The summed E-state index contributed by atoms with van der Waals surface area (Å²) in [6.45, 7) is 8.51. The summed E-state index contributed by atoms with van der Waals surface area (Å²) in [5, 5.41) is 7.44. The smallest absolute Gasteiger partial charge is 0.241 e. The van der Waals surface area contributed by atoms with E-state index in [1.807, 2.05) is 18.2 Å². The lowest BCUT2D eigenvalue weighted by Crippen LogP contribution is -2.41. The van der Waals surface area contributed by atoms with Crippen LogP contribution in [0.4, 0.5) is 0 Å². The number of likely N-dealkylation sites (tertiary alicyclic amines) is 1. The Balaban J connectivity index is 1.31. The van der Waals surface area contributed by atoms with Gasteiger partial charge in [0.15, 0.2) is 11.5 Å². The van der Waals surface area contributed by atoms with E-state index >= 15 is 0 Å². The summed E-state index contributed by atoms with van der Waals surface area (Å²) in [5.74, 6) is 2.50. The van der Waals surface area contributed by atoms with Gasteiger partial charge in [-0.1, -0.05) is 35.8 Å². The molecular formula is C28H36N4O4. The number of rotatable bonds is 9. The molecule has 1 atom stereocenters. The number of aromatic nitrogens is 2. The van der Waals surface area contributed by atoms with E-state index in [1.54, 1.807) is 14.2 Å². The van der Waals surface area contributed by atoms with Gasteiger partial charge in [0, 0.05) is 11.5 Å². The van der Waals surface area contributed by atoms with Crippen molar-refractivity contribution in [1.82, 2.24) is 20.4 Å². The third kappa shape index (κ3) is 5.87. The third-order valence-electron chi connectivity index (χ3n) is 6.95. The minimum atomic E-state index is 0.0195. The Labute approximate surface area is 213 Å². The molecule has 1 N–H and O–H groups in total. The van der Waals surface area contributed by atoms with Crippen molar-refractivity contribution in [2.75, 3.05) is 27.3 Å². The summed E-state index contributed by atoms with van der Waals surface area (Å²) in [7, 11) is 3.20. The largest absolute Gasteiger partial charge is 0.493 e. The van der Waals surface area contributed by atoms with Crippen LogP contribution in [0.1, 0.15) is 54.8 Å². The van der Waals surface area contributed by atoms with Gasteiger partial charge in [0.1, 0.15) is 0 Å². The Morgan fingerprint density at radius 3 is 2.53 bits per heavy atom. The molecule has 3 aromatic rings. The molecule has 1 unspecified atom stereocenters. The van der Waals surface area contributed by atoms with Gasteiger partial charge in [-0.2, -0.15) is 4.98 Å². The van der Waals surface area contributed by atoms with Crippen molar-refractivity contribution in [3.05, 3.63) is 59.0 Å². The number of nitrogens with one attached hydrogen (secondary N) is 1. The molecule has 2 aromatic carbocycles. The minimum Gasteiger partial charge on any atom is -0.493 e. The molecule has 1 aliphatic heterocycles. The Morgan fingerprint density at radius 1 is 1.11 bits per heavy atom. The van der Waals surface area contributed by atoms with Gasteiger partial charge in [0.05, 0.1) is 26.8 Å². The zero-order valence-electron chi connectivity index (χ0n) is 21.8. The second-order valence-electron chi connectivity index (χ2n) is 9.46. The third-order valence-corrected chi connectivity index (χ3v) is 6.95. The number of hydrogen-bond acceptors (Lipinski definition) is 7. The van der Waals surface area contributed by atoms with Crippen LogP contribution in [-0.4, -0.2) is 48.3 Å². The van der Waals surface area contributed by atoms with E-state index in [1.165, 1.54) is 16.7 Å². The van der Waals surface area contributed by atoms with Crippen molar-refractivity contribution in [1.29, 1.82) is 0 Å². The van der Waals surface area contributed by atoms with E-state index < -0.39 is 0 Å². The van der Waals surface area contributed by atoms with Crippen LogP contribution in [0.3, 0.4) is 0 Å². The Morgan fingerprint density at radius 2 is 1.86 bits per heavy atom. The molecule has 36 heavy (non-hydrogen) atoms. The highest BCUT2D eigenvalue weighted by atomic mass is 16.5. The van der Waals surface area contributed by atoms with E-state index in [4.69, 9.17) is 14.0 Å². The lowest BCUT2D eigenvalue weighted by molar-refractivity contribution is -0.127. The first-order chi connectivity index (χ1) is 17.4. The fraction of sp³-hybridized carbons (Fsp3) is 0.464. The second-order valence-corrected chi connectivity index (χ2v) is 9.46.